The Morgan fingerprint density at radius 1 is 1.15 bits per heavy atom. The van der Waals surface area contributed by atoms with E-state index in [9.17, 15) is 9.59 Å². The van der Waals surface area contributed by atoms with Crippen molar-refractivity contribution in [1.29, 1.82) is 0 Å². The van der Waals surface area contributed by atoms with E-state index in [-0.39, 0.29) is 17.9 Å². The van der Waals surface area contributed by atoms with Crippen LogP contribution in [0.2, 0.25) is 0 Å². The summed E-state index contributed by atoms with van der Waals surface area (Å²) in [7, 11) is 1.64. The van der Waals surface area contributed by atoms with Gasteiger partial charge in [0.2, 0.25) is 5.91 Å². The standard InChI is InChI=1S/C26H31N3O3S/c1-26(25(31)27-19-7-5-3-4-6-8-19)17-28-21-13-14-33-23(21)15-22(28)24(30)29(26)16-18-9-11-20(32-2)12-10-18/h9-15,19H,3-8,16-17H2,1-2H3,(H,27,31)/t26-/m0/s1. The van der Waals surface area contributed by atoms with Crippen LogP contribution in [0.15, 0.2) is 41.8 Å². The topological polar surface area (TPSA) is 63.6 Å². The monoisotopic (exact) mass is 465 g/mol. The van der Waals surface area contributed by atoms with Crippen LogP contribution in [-0.2, 0) is 17.9 Å². The number of hydrogen-bond donors (Lipinski definition) is 1. The van der Waals surface area contributed by atoms with Crippen molar-refractivity contribution >= 4 is 33.4 Å². The van der Waals surface area contributed by atoms with E-state index in [2.05, 4.69) is 5.32 Å². The zero-order valence-electron chi connectivity index (χ0n) is 19.3. The molecular weight excluding hydrogens is 434 g/mol. The maximum Gasteiger partial charge on any atom is 0.271 e. The molecule has 1 aliphatic carbocycles. The Labute approximate surface area is 198 Å². The summed E-state index contributed by atoms with van der Waals surface area (Å²) in [5.74, 6) is 0.615. The van der Waals surface area contributed by atoms with Crippen LogP contribution in [0.1, 0.15) is 61.5 Å². The van der Waals surface area contributed by atoms with Gasteiger partial charge in [-0.3, -0.25) is 9.59 Å². The second kappa shape index (κ2) is 8.86. The maximum absolute atomic E-state index is 13.8. The van der Waals surface area contributed by atoms with Gasteiger partial charge in [-0.15, -0.1) is 11.3 Å². The minimum absolute atomic E-state index is 0.0565. The second-order valence-electron chi connectivity index (χ2n) is 9.46. The molecule has 3 heterocycles. The number of amides is 2. The molecule has 1 saturated carbocycles. The molecule has 33 heavy (non-hydrogen) atoms. The van der Waals surface area contributed by atoms with E-state index < -0.39 is 5.54 Å². The van der Waals surface area contributed by atoms with Gasteiger partial charge in [-0.25, -0.2) is 0 Å². The summed E-state index contributed by atoms with van der Waals surface area (Å²) >= 11 is 1.63. The molecule has 0 spiro atoms. The number of methoxy groups -OCH3 is 1. The van der Waals surface area contributed by atoms with Gasteiger partial charge < -0.3 is 19.5 Å². The molecule has 6 nitrogen and oxygen atoms in total. The fraction of sp³-hybridized carbons (Fsp3) is 0.462. The SMILES string of the molecule is COc1ccc(CN2C(=O)c3cc4sccc4n3C[C@@]2(C)C(=O)NC2CCCCCC2)cc1. The number of nitrogens with one attached hydrogen (secondary N) is 1. The van der Waals surface area contributed by atoms with Crippen LogP contribution in [0.3, 0.4) is 0 Å². The van der Waals surface area contributed by atoms with Crippen LogP contribution in [0.4, 0.5) is 0 Å². The molecule has 1 fully saturated rings. The minimum Gasteiger partial charge on any atom is -0.497 e. The average molecular weight is 466 g/mol. The number of benzene rings is 1. The number of hydrogen-bond acceptors (Lipinski definition) is 4. The summed E-state index contributed by atoms with van der Waals surface area (Å²) < 4.78 is 8.39. The summed E-state index contributed by atoms with van der Waals surface area (Å²) in [6, 6.07) is 11.9. The Balaban J connectivity index is 1.50. The van der Waals surface area contributed by atoms with Crippen LogP contribution in [0, 0.1) is 0 Å². The summed E-state index contributed by atoms with van der Waals surface area (Å²) in [6.07, 6.45) is 6.78. The molecule has 1 atom stereocenters. The molecule has 7 heteroatoms. The normalized spacial score (nSPS) is 21.6. The lowest BCUT2D eigenvalue weighted by Gasteiger charge is -2.44. The van der Waals surface area contributed by atoms with E-state index in [0.717, 1.165) is 47.2 Å². The van der Waals surface area contributed by atoms with Crippen molar-refractivity contribution in [3.63, 3.8) is 0 Å². The number of nitrogens with zero attached hydrogens (tertiary/aromatic N) is 2. The number of ether oxygens (including phenoxy) is 1. The molecule has 174 valence electrons. The van der Waals surface area contributed by atoms with Gasteiger partial charge in [0, 0.05) is 12.6 Å². The summed E-state index contributed by atoms with van der Waals surface area (Å²) in [5.41, 5.74) is 1.68. The van der Waals surface area contributed by atoms with E-state index in [4.69, 9.17) is 4.74 Å². The molecule has 0 saturated heterocycles. The van der Waals surface area contributed by atoms with Gasteiger partial charge in [-0.1, -0.05) is 37.8 Å². The van der Waals surface area contributed by atoms with Gasteiger partial charge in [0.1, 0.15) is 17.0 Å². The van der Waals surface area contributed by atoms with Crippen LogP contribution in [-0.4, -0.2) is 40.0 Å². The van der Waals surface area contributed by atoms with E-state index in [1.165, 1.54) is 12.8 Å². The molecule has 0 bridgehead atoms. The number of carbonyl (C=O) groups excluding carboxylic acids is 2. The van der Waals surface area contributed by atoms with Gasteiger partial charge >= 0.3 is 0 Å². The van der Waals surface area contributed by atoms with Gasteiger partial charge in [-0.2, -0.15) is 0 Å². The van der Waals surface area contributed by atoms with Crippen molar-refractivity contribution < 1.29 is 14.3 Å². The fourth-order valence-electron chi connectivity index (χ4n) is 5.20. The Morgan fingerprint density at radius 3 is 2.58 bits per heavy atom. The molecule has 2 amide bonds. The first kappa shape index (κ1) is 22.0. The van der Waals surface area contributed by atoms with Crippen LogP contribution in [0.25, 0.3) is 10.2 Å². The quantitative estimate of drug-likeness (QED) is 0.542. The Kier molecular flexibility index (Phi) is 5.91. The highest BCUT2D eigenvalue weighted by Gasteiger charge is 2.48. The maximum atomic E-state index is 13.8. The molecule has 2 aromatic heterocycles. The smallest absolute Gasteiger partial charge is 0.271 e. The van der Waals surface area contributed by atoms with E-state index in [0.29, 0.717) is 18.8 Å². The highest BCUT2D eigenvalue weighted by Crippen LogP contribution is 2.35. The predicted octanol–water partition coefficient (Wildman–Crippen LogP) is 4.97. The number of fused-ring (bicyclic) bond motifs is 3. The Morgan fingerprint density at radius 2 is 1.88 bits per heavy atom. The molecule has 0 radical (unpaired) electrons. The highest BCUT2D eigenvalue weighted by molar-refractivity contribution is 7.17. The molecule has 3 aromatic rings. The number of thiophene rings is 1. The zero-order chi connectivity index (χ0) is 23.0. The first-order valence-electron chi connectivity index (χ1n) is 11.8. The van der Waals surface area contributed by atoms with Gasteiger partial charge in [0.15, 0.2) is 0 Å². The van der Waals surface area contributed by atoms with Crippen molar-refractivity contribution in [1.82, 2.24) is 14.8 Å². The van der Waals surface area contributed by atoms with Gasteiger partial charge in [0.25, 0.3) is 5.91 Å². The van der Waals surface area contributed by atoms with Crippen molar-refractivity contribution in [2.24, 2.45) is 0 Å². The molecular formula is C26H31N3O3S. The van der Waals surface area contributed by atoms with Crippen LogP contribution >= 0.6 is 11.3 Å². The number of aromatic nitrogens is 1. The molecule has 0 unspecified atom stereocenters. The van der Waals surface area contributed by atoms with Gasteiger partial charge in [-0.05, 0) is 55.0 Å². The third-order valence-corrected chi connectivity index (χ3v) is 8.08. The first-order chi connectivity index (χ1) is 16.0. The lowest BCUT2D eigenvalue weighted by molar-refractivity contribution is -0.134. The van der Waals surface area contributed by atoms with Gasteiger partial charge in [0.05, 0.1) is 23.9 Å². The van der Waals surface area contributed by atoms with Crippen molar-refractivity contribution in [3.8, 4) is 5.75 Å². The molecule has 2 aliphatic rings. The molecule has 1 aliphatic heterocycles. The van der Waals surface area contributed by atoms with E-state index >= 15 is 0 Å². The third-order valence-electron chi connectivity index (χ3n) is 7.23. The second-order valence-corrected chi connectivity index (χ2v) is 10.4. The molecule has 1 N–H and O–H groups in total. The average Bonchev–Trinajstić information content (AvgIpc) is 3.31. The summed E-state index contributed by atoms with van der Waals surface area (Å²) in [6.45, 7) is 2.74. The first-order valence-corrected chi connectivity index (χ1v) is 12.7. The fourth-order valence-corrected chi connectivity index (χ4v) is 6.02. The predicted molar refractivity (Wildman–Crippen MR) is 131 cm³/mol. The molecule has 5 rings (SSSR count). The largest absolute Gasteiger partial charge is 0.497 e. The van der Waals surface area contributed by atoms with E-state index in [1.807, 2.05) is 53.3 Å². The van der Waals surface area contributed by atoms with Crippen LogP contribution < -0.4 is 10.1 Å². The minimum atomic E-state index is -0.982. The number of rotatable bonds is 5. The van der Waals surface area contributed by atoms with Crippen molar-refractivity contribution in [3.05, 3.63) is 53.0 Å². The lowest BCUT2D eigenvalue weighted by atomic mass is 9.93. The Hall–Kier alpha value is -2.80. The summed E-state index contributed by atoms with van der Waals surface area (Å²) in [5, 5.41) is 5.36. The Bertz CT molecular complexity index is 1160. The third kappa shape index (κ3) is 4.03. The van der Waals surface area contributed by atoms with E-state index in [1.54, 1.807) is 23.3 Å². The lowest BCUT2D eigenvalue weighted by Crippen LogP contribution is -2.64. The zero-order valence-corrected chi connectivity index (χ0v) is 20.1. The molecule has 1 aromatic carbocycles. The van der Waals surface area contributed by atoms with Crippen molar-refractivity contribution in [2.75, 3.05) is 7.11 Å². The number of carbonyl (C=O) groups is 2. The highest BCUT2D eigenvalue weighted by atomic mass is 32.1. The van der Waals surface area contributed by atoms with Crippen LogP contribution in [0.5, 0.6) is 5.75 Å². The van der Waals surface area contributed by atoms with Crippen molar-refractivity contribution in [2.45, 2.75) is 70.1 Å². The summed E-state index contributed by atoms with van der Waals surface area (Å²) in [4.78, 5) is 29.4.